The van der Waals surface area contributed by atoms with Gasteiger partial charge < -0.3 is 9.84 Å². The number of methoxy groups -OCH3 is 1. The van der Waals surface area contributed by atoms with E-state index in [1.165, 1.54) is 25.3 Å². The zero-order chi connectivity index (χ0) is 38.7. The maximum atomic E-state index is 14.5. The van der Waals surface area contributed by atoms with E-state index in [-0.39, 0.29) is 52.1 Å². The number of anilines is 2. The number of imide groups is 2. The van der Waals surface area contributed by atoms with Gasteiger partial charge in [-0.25, -0.2) is 14.2 Å². The maximum absolute atomic E-state index is 14.5. The molecule has 2 aliphatic carbocycles. The van der Waals surface area contributed by atoms with Gasteiger partial charge in [-0.3, -0.25) is 19.2 Å². The molecule has 3 aromatic carbocycles. The third-order valence-electron chi connectivity index (χ3n) is 10.3. The molecule has 2 heterocycles. The van der Waals surface area contributed by atoms with Gasteiger partial charge in [0.2, 0.25) is 11.8 Å². The predicted octanol–water partition coefficient (Wildman–Crippen LogP) is 8.11. The fourth-order valence-corrected chi connectivity index (χ4v) is 9.42. The van der Waals surface area contributed by atoms with Gasteiger partial charge in [-0.2, -0.15) is 26.3 Å². The molecule has 4 amide bonds. The van der Waals surface area contributed by atoms with E-state index in [9.17, 15) is 55.0 Å². The third kappa shape index (κ3) is 5.37. The summed E-state index contributed by atoms with van der Waals surface area (Å²) in [6.07, 6.45) is -10.0. The number of nitrogens with zero attached hydrogens (tertiary/aromatic N) is 2. The first kappa shape index (κ1) is 37.2. The summed E-state index contributed by atoms with van der Waals surface area (Å²) in [4.78, 5) is 53.0. The summed E-state index contributed by atoms with van der Waals surface area (Å²) in [5.41, 5.74) is -4.55. The third-order valence-corrected chi connectivity index (χ3v) is 12.2. The number of halogens is 10. The first-order chi connectivity index (χ1) is 24.6. The van der Waals surface area contributed by atoms with E-state index < -0.39 is 104 Å². The van der Waals surface area contributed by atoms with Crippen molar-refractivity contribution in [1.29, 1.82) is 0 Å². The summed E-state index contributed by atoms with van der Waals surface area (Å²) in [5.74, 6) is -11.5. The van der Waals surface area contributed by atoms with Crippen LogP contribution in [0.5, 0.6) is 11.5 Å². The van der Waals surface area contributed by atoms with Crippen molar-refractivity contribution in [3.05, 3.63) is 93.2 Å². The van der Waals surface area contributed by atoms with Crippen LogP contribution < -0.4 is 14.5 Å². The lowest BCUT2D eigenvalue weighted by molar-refractivity contribution is -0.143. The number of rotatable bonds is 4. The van der Waals surface area contributed by atoms with Crippen molar-refractivity contribution >= 4 is 74.1 Å². The van der Waals surface area contributed by atoms with Crippen molar-refractivity contribution in [2.75, 3.05) is 16.9 Å². The molecular weight excluding hydrogens is 828 g/mol. The Morgan fingerprint density at radius 1 is 0.830 bits per heavy atom. The topological polar surface area (TPSA) is 104 Å². The Hall–Kier alpha value is -4.15. The van der Waals surface area contributed by atoms with Crippen LogP contribution in [0, 0.1) is 23.6 Å². The largest absolute Gasteiger partial charge is 0.504 e. The molecule has 3 aromatic rings. The van der Waals surface area contributed by atoms with E-state index in [4.69, 9.17) is 27.9 Å². The highest BCUT2D eigenvalue weighted by Crippen LogP contribution is 2.67. The molecule has 278 valence electrons. The number of amides is 4. The van der Waals surface area contributed by atoms with Gasteiger partial charge in [0, 0.05) is 16.0 Å². The summed E-state index contributed by atoms with van der Waals surface area (Å²) in [6, 6.07) is 7.34. The zero-order valence-corrected chi connectivity index (χ0v) is 29.8. The number of allylic oxidation sites excluding steroid dienone is 2. The number of alkyl halides is 8. The second kappa shape index (κ2) is 12.2. The molecule has 0 unspecified atom stereocenters. The summed E-state index contributed by atoms with van der Waals surface area (Å²) in [6.45, 7) is 0. The van der Waals surface area contributed by atoms with Crippen LogP contribution in [-0.2, 0) is 31.5 Å². The van der Waals surface area contributed by atoms with Crippen molar-refractivity contribution in [3.8, 4) is 11.5 Å². The lowest BCUT2D eigenvalue weighted by Gasteiger charge is -2.50. The van der Waals surface area contributed by atoms with Gasteiger partial charge in [-0.15, -0.1) is 23.2 Å². The number of phenols is 1. The summed E-state index contributed by atoms with van der Waals surface area (Å²) < 4.78 is 102. The van der Waals surface area contributed by atoms with Crippen LogP contribution in [0.3, 0.4) is 0 Å². The van der Waals surface area contributed by atoms with Gasteiger partial charge >= 0.3 is 12.4 Å². The number of fused-ring (bicyclic) bond motifs is 4. The van der Waals surface area contributed by atoms with Gasteiger partial charge in [0.05, 0.1) is 41.4 Å². The van der Waals surface area contributed by atoms with E-state index in [2.05, 4.69) is 15.9 Å². The Labute approximate surface area is 313 Å². The molecule has 1 N–H and O–H groups in total. The number of aromatic hydroxyl groups is 1. The van der Waals surface area contributed by atoms with Crippen LogP contribution in [0.15, 0.2) is 70.7 Å². The highest BCUT2D eigenvalue weighted by Gasteiger charge is 2.77. The highest BCUT2D eigenvalue weighted by molar-refractivity contribution is 9.10. The Morgan fingerprint density at radius 3 is 2.00 bits per heavy atom. The van der Waals surface area contributed by atoms with Crippen molar-refractivity contribution in [2.45, 2.75) is 40.9 Å². The van der Waals surface area contributed by atoms with Crippen molar-refractivity contribution in [1.82, 2.24) is 0 Å². The fourth-order valence-electron chi connectivity index (χ4n) is 8.04. The Kier molecular flexibility index (Phi) is 8.55. The summed E-state index contributed by atoms with van der Waals surface area (Å²) >= 11 is 17.8. The van der Waals surface area contributed by atoms with E-state index in [1.807, 2.05) is 0 Å². The molecule has 0 radical (unpaired) electrons. The number of phenolic OH excluding ortho intramolecular Hbond substituents is 1. The monoisotopic (exact) mass is 848 g/mol. The normalized spacial score (nSPS) is 28.5. The van der Waals surface area contributed by atoms with Crippen LogP contribution in [0.25, 0.3) is 0 Å². The molecule has 7 rings (SSSR count). The molecule has 0 aromatic heterocycles. The molecule has 8 nitrogen and oxygen atoms in total. The van der Waals surface area contributed by atoms with Gasteiger partial charge in [0.25, 0.3) is 11.8 Å². The average Bonchev–Trinajstić information content (AvgIpc) is 3.42. The highest BCUT2D eigenvalue weighted by atomic mass is 79.9. The number of benzene rings is 3. The zero-order valence-electron chi connectivity index (χ0n) is 26.7. The van der Waals surface area contributed by atoms with E-state index in [0.717, 1.165) is 24.3 Å². The van der Waals surface area contributed by atoms with E-state index in [0.29, 0.717) is 9.37 Å². The molecule has 0 bridgehead atoms. The van der Waals surface area contributed by atoms with Crippen molar-refractivity contribution < 1.29 is 59.8 Å². The van der Waals surface area contributed by atoms with Gasteiger partial charge in [0.15, 0.2) is 21.2 Å². The second-order valence-electron chi connectivity index (χ2n) is 13.1. The number of hydrogen-bond donors (Lipinski definition) is 1. The fraction of sp³-hybridized carbons (Fsp3) is 0.314. The lowest BCUT2D eigenvalue weighted by atomic mass is 9.56. The SMILES string of the molecule is COc1cc(Br)cc([C@H]2C3=CC[C@@H]4C(=O)N(c5cc(C(F)(F)F)cc(C(F)(F)F)c5)C(=O)[C@@H]4[C@@H]3C[C@@]3(Cl)C(=O)N(c4ccc(F)cc4)C(=O)[C@@]23Cl)c1O. The molecule has 2 saturated heterocycles. The van der Waals surface area contributed by atoms with Crippen molar-refractivity contribution in [3.63, 3.8) is 0 Å². The molecule has 4 aliphatic rings. The molecule has 1 saturated carbocycles. The minimum absolute atomic E-state index is 0.103. The quantitative estimate of drug-likeness (QED) is 0.123. The second-order valence-corrected chi connectivity index (χ2v) is 15.2. The number of ether oxygens (including phenoxy) is 1. The van der Waals surface area contributed by atoms with Gasteiger partial charge in [-0.1, -0.05) is 27.6 Å². The molecular formula is C35H22BrCl2F7N2O6. The van der Waals surface area contributed by atoms with Crippen LogP contribution in [0.2, 0.25) is 0 Å². The van der Waals surface area contributed by atoms with E-state index in [1.54, 1.807) is 0 Å². The Balaban J connectivity index is 1.41. The Bertz CT molecular complexity index is 2130. The lowest BCUT2D eigenvalue weighted by Crippen LogP contribution is -2.60. The summed E-state index contributed by atoms with van der Waals surface area (Å²) in [5, 5.41) is 11.5. The van der Waals surface area contributed by atoms with E-state index >= 15 is 0 Å². The molecule has 0 spiro atoms. The maximum Gasteiger partial charge on any atom is 0.416 e. The van der Waals surface area contributed by atoms with Crippen LogP contribution in [-0.4, -0.2) is 45.6 Å². The molecule has 2 aliphatic heterocycles. The Morgan fingerprint density at radius 2 is 1.43 bits per heavy atom. The first-order valence-corrected chi connectivity index (χ1v) is 17.2. The summed E-state index contributed by atoms with van der Waals surface area (Å²) in [7, 11) is 1.23. The number of carbonyl (C=O) groups excluding carboxylic acids is 4. The van der Waals surface area contributed by atoms with Crippen molar-refractivity contribution in [2.24, 2.45) is 17.8 Å². The smallest absolute Gasteiger partial charge is 0.416 e. The molecule has 6 atom stereocenters. The number of carbonyl (C=O) groups is 4. The van der Waals surface area contributed by atoms with Crippen LogP contribution in [0.4, 0.5) is 42.1 Å². The molecule has 18 heteroatoms. The average molecular weight is 850 g/mol. The minimum atomic E-state index is -5.28. The minimum Gasteiger partial charge on any atom is -0.504 e. The molecule has 53 heavy (non-hydrogen) atoms. The standard InChI is InChI=1S/C35H22BrCl2F7N2O6/c1-53-24-12-16(36)11-22(27(24)48)26-20-6-7-21-25(29(50)46(28(21)49)19-9-14(34(40,41)42)8-15(10-19)35(43,44)45)23(20)13-32(37)30(51)47(31(52)33(26,32)38)18-4-2-17(39)3-5-18/h2-6,8-12,21,23,25-26,48H,7,13H2,1H3/t21-,23+,25-,26+,32+,33-/m0/s1. The van der Waals surface area contributed by atoms with Gasteiger partial charge in [-0.05, 0) is 73.4 Å². The van der Waals surface area contributed by atoms with Crippen LogP contribution >= 0.6 is 39.1 Å². The molecule has 3 fully saturated rings. The van der Waals surface area contributed by atoms with Gasteiger partial charge in [0.1, 0.15) is 5.82 Å². The predicted molar refractivity (Wildman–Crippen MR) is 178 cm³/mol. The number of hydrogen-bond acceptors (Lipinski definition) is 6. The first-order valence-electron chi connectivity index (χ1n) is 15.6. The van der Waals surface area contributed by atoms with Crippen LogP contribution in [0.1, 0.15) is 35.4 Å².